The third kappa shape index (κ3) is 3.13. The summed E-state index contributed by atoms with van der Waals surface area (Å²) in [7, 11) is 0. The van der Waals surface area contributed by atoms with E-state index in [1.807, 2.05) is 0 Å². The zero-order valence-electron chi connectivity index (χ0n) is 10.6. The number of aliphatic hydroxyl groups excluding tert-OH is 1. The smallest absolute Gasteiger partial charge is 0.324 e. The molecule has 0 bridgehead atoms. The summed E-state index contributed by atoms with van der Waals surface area (Å²) in [5.41, 5.74) is 0.799. The number of halogens is 1. The van der Waals surface area contributed by atoms with Crippen molar-refractivity contribution >= 4 is 11.9 Å². The van der Waals surface area contributed by atoms with Crippen LogP contribution in [0.2, 0.25) is 0 Å². The maximum atomic E-state index is 13.5. The molecule has 0 aliphatic carbocycles. The standard InChI is InChI=1S/C14H13FN2O3/c15-12-5-4-10(7-11(12)3-1-2-6-18)9-17-13(19)8-16-14(17)20/h4-5,7,18H,2,6,8-9H2,(H,16,20). The molecule has 0 atom stereocenters. The number of urea groups is 1. The van der Waals surface area contributed by atoms with Crippen LogP contribution in [-0.2, 0) is 11.3 Å². The first-order valence-electron chi connectivity index (χ1n) is 6.08. The molecule has 104 valence electrons. The summed E-state index contributed by atoms with van der Waals surface area (Å²) >= 11 is 0. The van der Waals surface area contributed by atoms with Crippen LogP contribution in [0.25, 0.3) is 0 Å². The van der Waals surface area contributed by atoms with Crippen LogP contribution in [0.1, 0.15) is 17.5 Å². The number of nitrogens with one attached hydrogen (secondary N) is 1. The van der Waals surface area contributed by atoms with Crippen molar-refractivity contribution in [2.75, 3.05) is 13.2 Å². The molecule has 6 heteroatoms. The third-order valence-corrected chi connectivity index (χ3v) is 2.77. The predicted molar refractivity (Wildman–Crippen MR) is 68.9 cm³/mol. The van der Waals surface area contributed by atoms with Gasteiger partial charge in [-0.25, -0.2) is 9.18 Å². The largest absolute Gasteiger partial charge is 0.395 e. The number of amides is 3. The van der Waals surface area contributed by atoms with Crippen molar-refractivity contribution in [3.05, 3.63) is 35.1 Å². The number of nitrogens with zero attached hydrogens (tertiary/aromatic N) is 1. The Bertz CT molecular complexity index is 588. The molecule has 0 aromatic heterocycles. The van der Waals surface area contributed by atoms with Gasteiger partial charge in [0.15, 0.2) is 0 Å². The highest BCUT2D eigenvalue weighted by atomic mass is 19.1. The van der Waals surface area contributed by atoms with Gasteiger partial charge in [0, 0.05) is 6.42 Å². The van der Waals surface area contributed by atoms with E-state index in [1.54, 1.807) is 0 Å². The number of hydrogen-bond donors (Lipinski definition) is 2. The fraction of sp³-hybridized carbons (Fsp3) is 0.286. The molecule has 0 unspecified atom stereocenters. The van der Waals surface area contributed by atoms with Crippen LogP contribution in [-0.4, -0.2) is 35.1 Å². The average molecular weight is 276 g/mol. The van der Waals surface area contributed by atoms with Crippen LogP contribution >= 0.6 is 0 Å². The van der Waals surface area contributed by atoms with Gasteiger partial charge < -0.3 is 10.4 Å². The minimum absolute atomic E-state index is 0.0107. The van der Waals surface area contributed by atoms with E-state index in [4.69, 9.17) is 5.11 Å². The molecule has 3 amide bonds. The highest BCUT2D eigenvalue weighted by Gasteiger charge is 2.28. The first kappa shape index (κ1) is 14.0. The quantitative estimate of drug-likeness (QED) is 0.628. The van der Waals surface area contributed by atoms with Crippen molar-refractivity contribution in [3.8, 4) is 11.8 Å². The van der Waals surface area contributed by atoms with Gasteiger partial charge in [0.1, 0.15) is 5.82 Å². The van der Waals surface area contributed by atoms with Crippen LogP contribution in [0.4, 0.5) is 9.18 Å². The van der Waals surface area contributed by atoms with Gasteiger partial charge in [-0.1, -0.05) is 17.9 Å². The SMILES string of the molecule is O=C1CNC(=O)N1Cc1ccc(F)c(C#CCCO)c1. The van der Waals surface area contributed by atoms with Crippen LogP contribution in [0.5, 0.6) is 0 Å². The van der Waals surface area contributed by atoms with Gasteiger partial charge in [0.2, 0.25) is 5.91 Å². The molecule has 2 N–H and O–H groups in total. The fourth-order valence-corrected chi connectivity index (χ4v) is 1.78. The van der Waals surface area contributed by atoms with Crippen molar-refractivity contribution in [1.82, 2.24) is 10.2 Å². The van der Waals surface area contributed by atoms with E-state index >= 15 is 0 Å². The second-order valence-electron chi connectivity index (χ2n) is 4.23. The number of imide groups is 1. The number of hydrogen-bond acceptors (Lipinski definition) is 3. The van der Waals surface area contributed by atoms with Crippen LogP contribution in [0, 0.1) is 17.7 Å². The summed E-state index contributed by atoms with van der Waals surface area (Å²) in [5.74, 6) is 4.46. The Hall–Kier alpha value is -2.39. The molecule has 1 aromatic carbocycles. The van der Waals surface area contributed by atoms with E-state index < -0.39 is 11.8 Å². The van der Waals surface area contributed by atoms with Gasteiger partial charge in [-0.2, -0.15) is 0 Å². The molecule has 0 radical (unpaired) electrons. The molecule has 1 aromatic rings. The van der Waals surface area contributed by atoms with Crippen molar-refractivity contribution in [1.29, 1.82) is 0 Å². The number of benzene rings is 1. The van der Waals surface area contributed by atoms with E-state index in [1.165, 1.54) is 18.2 Å². The van der Waals surface area contributed by atoms with Gasteiger partial charge >= 0.3 is 6.03 Å². The first-order chi connectivity index (χ1) is 9.61. The van der Waals surface area contributed by atoms with Crippen molar-refractivity contribution in [3.63, 3.8) is 0 Å². The summed E-state index contributed by atoms with van der Waals surface area (Å²) in [6, 6.07) is 3.80. The zero-order chi connectivity index (χ0) is 14.5. The molecule has 0 spiro atoms. The van der Waals surface area contributed by atoms with Gasteiger partial charge in [0.25, 0.3) is 0 Å². The van der Waals surface area contributed by atoms with Gasteiger partial charge in [-0.05, 0) is 17.7 Å². The minimum Gasteiger partial charge on any atom is -0.395 e. The molecule has 1 fully saturated rings. The first-order valence-corrected chi connectivity index (χ1v) is 6.08. The Kier molecular flexibility index (Phi) is 4.33. The summed E-state index contributed by atoms with van der Waals surface area (Å²) in [4.78, 5) is 23.9. The molecule has 1 heterocycles. The molecular weight excluding hydrogens is 263 g/mol. The Balaban J connectivity index is 2.17. The lowest BCUT2D eigenvalue weighted by Gasteiger charge is -2.12. The fourth-order valence-electron chi connectivity index (χ4n) is 1.78. The van der Waals surface area contributed by atoms with Gasteiger partial charge in [-0.3, -0.25) is 9.69 Å². The van der Waals surface area contributed by atoms with E-state index in [-0.39, 0.29) is 37.6 Å². The summed E-state index contributed by atoms with van der Waals surface area (Å²) in [6.07, 6.45) is 0.261. The lowest BCUT2D eigenvalue weighted by atomic mass is 10.1. The van der Waals surface area contributed by atoms with E-state index in [2.05, 4.69) is 17.2 Å². The molecular formula is C14H13FN2O3. The molecule has 20 heavy (non-hydrogen) atoms. The van der Waals surface area contributed by atoms with E-state index in [0.29, 0.717) is 5.56 Å². The lowest BCUT2D eigenvalue weighted by Crippen LogP contribution is -2.30. The van der Waals surface area contributed by atoms with Gasteiger partial charge in [-0.15, -0.1) is 0 Å². The second kappa shape index (κ2) is 6.17. The molecule has 5 nitrogen and oxygen atoms in total. The second-order valence-corrected chi connectivity index (χ2v) is 4.23. The van der Waals surface area contributed by atoms with Crippen molar-refractivity contribution in [2.24, 2.45) is 0 Å². The Morgan fingerprint density at radius 1 is 1.40 bits per heavy atom. The monoisotopic (exact) mass is 276 g/mol. The van der Waals surface area contributed by atoms with Crippen molar-refractivity contribution in [2.45, 2.75) is 13.0 Å². The predicted octanol–water partition coefficient (Wildman–Crippen LogP) is 0.611. The van der Waals surface area contributed by atoms with E-state index in [0.717, 1.165) is 4.90 Å². The number of rotatable bonds is 3. The maximum absolute atomic E-state index is 13.5. The third-order valence-electron chi connectivity index (χ3n) is 2.77. The Morgan fingerprint density at radius 2 is 2.20 bits per heavy atom. The number of carbonyl (C=O) groups is 2. The molecule has 1 saturated heterocycles. The summed E-state index contributed by atoms with van der Waals surface area (Å²) in [6.45, 7) is -0.0143. The Labute approximate surface area is 115 Å². The van der Waals surface area contributed by atoms with Gasteiger partial charge in [0.05, 0.1) is 25.3 Å². The average Bonchev–Trinajstić information content (AvgIpc) is 2.74. The van der Waals surface area contributed by atoms with Crippen molar-refractivity contribution < 1.29 is 19.1 Å². The molecule has 1 aliphatic heterocycles. The molecule has 0 saturated carbocycles. The minimum atomic E-state index is -0.476. The van der Waals surface area contributed by atoms with E-state index in [9.17, 15) is 14.0 Å². The van der Waals surface area contributed by atoms with Crippen LogP contribution in [0.15, 0.2) is 18.2 Å². The van der Waals surface area contributed by atoms with Crippen LogP contribution < -0.4 is 5.32 Å². The number of aliphatic hydroxyl groups is 1. The normalized spacial score (nSPS) is 14.0. The van der Waals surface area contributed by atoms with Crippen LogP contribution in [0.3, 0.4) is 0 Å². The maximum Gasteiger partial charge on any atom is 0.324 e. The summed E-state index contributed by atoms with van der Waals surface area (Å²) < 4.78 is 13.5. The Morgan fingerprint density at radius 3 is 2.85 bits per heavy atom. The zero-order valence-corrected chi connectivity index (χ0v) is 10.6. The number of carbonyl (C=O) groups excluding carboxylic acids is 2. The topological polar surface area (TPSA) is 69.6 Å². The molecule has 2 rings (SSSR count). The lowest BCUT2D eigenvalue weighted by molar-refractivity contribution is -0.125. The highest BCUT2D eigenvalue weighted by molar-refractivity contribution is 6.01. The summed E-state index contributed by atoms with van der Waals surface area (Å²) in [5, 5.41) is 11.0. The molecule has 1 aliphatic rings. The highest BCUT2D eigenvalue weighted by Crippen LogP contribution is 2.13.